The maximum absolute atomic E-state index is 14.2. The van der Waals surface area contributed by atoms with Gasteiger partial charge in [-0.1, -0.05) is 36.2 Å². The summed E-state index contributed by atoms with van der Waals surface area (Å²) in [6.07, 6.45) is 0.804. The van der Waals surface area contributed by atoms with Gasteiger partial charge in [0.2, 0.25) is 11.8 Å². The first-order valence-electron chi connectivity index (χ1n) is 8.64. The van der Waals surface area contributed by atoms with Crippen LogP contribution in [0.4, 0.5) is 23.5 Å². The summed E-state index contributed by atoms with van der Waals surface area (Å²) in [5, 5.41) is 6.40. The highest BCUT2D eigenvalue weighted by Crippen LogP contribution is 2.39. The van der Waals surface area contributed by atoms with Crippen molar-refractivity contribution < 1.29 is 22.1 Å². The fourth-order valence-corrected chi connectivity index (χ4v) is 2.84. The van der Waals surface area contributed by atoms with E-state index in [-0.39, 0.29) is 29.2 Å². The number of halogens is 4. The van der Waals surface area contributed by atoms with Crippen LogP contribution in [0.5, 0.6) is 0 Å². The van der Waals surface area contributed by atoms with Crippen LogP contribution in [0.1, 0.15) is 36.8 Å². The first-order chi connectivity index (χ1) is 13.4. The summed E-state index contributed by atoms with van der Waals surface area (Å²) >= 11 is 0. The highest BCUT2D eigenvalue weighted by atomic mass is 19.4. The zero-order valence-electron chi connectivity index (χ0n) is 14.4. The van der Waals surface area contributed by atoms with Crippen LogP contribution in [0.25, 0.3) is 11.4 Å². The Morgan fingerprint density at radius 2 is 1.86 bits per heavy atom. The van der Waals surface area contributed by atoms with Gasteiger partial charge in [0, 0.05) is 18.0 Å². The van der Waals surface area contributed by atoms with E-state index in [2.05, 4.69) is 29.9 Å². The summed E-state index contributed by atoms with van der Waals surface area (Å²) in [6, 6.07) is 6.19. The number of nitrogens with zero attached hydrogens (tertiary/aromatic N) is 4. The molecule has 1 aromatic carbocycles. The Labute approximate surface area is 157 Å². The van der Waals surface area contributed by atoms with Crippen LogP contribution >= 0.6 is 0 Å². The molecule has 3 aromatic rings. The molecule has 1 aliphatic carbocycles. The van der Waals surface area contributed by atoms with Crippen LogP contribution in [0.2, 0.25) is 0 Å². The molecule has 4 rings (SSSR count). The zero-order valence-corrected chi connectivity index (χ0v) is 14.4. The van der Waals surface area contributed by atoms with Crippen LogP contribution in [-0.2, 0) is 6.18 Å². The first kappa shape index (κ1) is 18.3. The molecule has 0 saturated heterocycles. The molecule has 146 valence electrons. The van der Waals surface area contributed by atoms with Crippen LogP contribution in [0.15, 0.2) is 41.2 Å². The molecule has 2 aromatic heterocycles. The van der Waals surface area contributed by atoms with Gasteiger partial charge in [0.1, 0.15) is 5.82 Å². The smallest absolute Gasteiger partial charge is 0.347 e. The summed E-state index contributed by atoms with van der Waals surface area (Å²) in [5.41, 5.74) is 0.699. The molecule has 0 spiro atoms. The van der Waals surface area contributed by atoms with E-state index in [1.165, 1.54) is 18.5 Å². The normalized spacial score (nSPS) is 15.4. The lowest BCUT2D eigenvalue weighted by atomic mass is 10.0. The van der Waals surface area contributed by atoms with Crippen molar-refractivity contribution in [2.75, 3.05) is 5.32 Å². The Balaban J connectivity index is 1.52. The van der Waals surface area contributed by atoms with Crippen molar-refractivity contribution in [2.45, 2.75) is 31.5 Å². The van der Waals surface area contributed by atoms with Gasteiger partial charge in [-0.05, 0) is 18.4 Å². The summed E-state index contributed by atoms with van der Waals surface area (Å²) in [4.78, 5) is 11.5. The molecular weight excluding hydrogens is 378 g/mol. The van der Waals surface area contributed by atoms with Gasteiger partial charge in [-0.15, -0.1) is 0 Å². The average Bonchev–Trinajstić information content (AvgIpc) is 3.32. The summed E-state index contributed by atoms with van der Waals surface area (Å²) in [6.45, 7) is 0. The number of anilines is 1. The third-order valence-electron chi connectivity index (χ3n) is 4.43. The van der Waals surface area contributed by atoms with Crippen molar-refractivity contribution in [2.24, 2.45) is 5.92 Å². The number of benzene rings is 1. The van der Waals surface area contributed by atoms with Gasteiger partial charge in [-0.25, -0.2) is 14.4 Å². The van der Waals surface area contributed by atoms with E-state index in [0.717, 1.165) is 19.3 Å². The quantitative estimate of drug-likeness (QED) is 0.615. The maximum atomic E-state index is 14.2. The maximum Gasteiger partial charge on any atom is 0.471 e. The number of hydrogen-bond donors (Lipinski definition) is 1. The number of aromatic nitrogens is 4. The Bertz CT molecular complexity index is 953. The highest BCUT2D eigenvalue weighted by Gasteiger charge is 2.38. The van der Waals surface area contributed by atoms with E-state index in [0.29, 0.717) is 11.5 Å². The summed E-state index contributed by atoms with van der Waals surface area (Å²) < 4.78 is 56.1. The van der Waals surface area contributed by atoms with Crippen LogP contribution in [0.3, 0.4) is 0 Å². The standard InChI is InChI=1S/C18H15F4N5O/c19-13-4-2-1-3-12(13)14(7-10-5-6-10)25-17-23-8-11(9-24-17)15-26-16(28-27-15)18(20,21)22/h1-4,8-10,14H,5-7H2,(H,23,24,25). The molecule has 28 heavy (non-hydrogen) atoms. The molecule has 0 radical (unpaired) electrons. The second-order valence-electron chi connectivity index (χ2n) is 6.61. The van der Waals surface area contributed by atoms with Crippen molar-refractivity contribution in [3.05, 3.63) is 53.9 Å². The molecule has 1 atom stereocenters. The largest absolute Gasteiger partial charge is 0.471 e. The van der Waals surface area contributed by atoms with Crippen molar-refractivity contribution in [3.63, 3.8) is 0 Å². The van der Waals surface area contributed by atoms with Crippen LogP contribution in [-0.4, -0.2) is 20.1 Å². The SMILES string of the molecule is Fc1ccccc1C(CC1CC1)Nc1ncc(-c2noc(C(F)(F)F)n2)cn1. The fraction of sp³-hybridized carbons (Fsp3) is 0.333. The van der Waals surface area contributed by atoms with Crippen LogP contribution in [0, 0.1) is 11.7 Å². The molecule has 6 nitrogen and oxygen atoms in total. The Kier molecular flexibility index (Phi) is 4.70. The molecule has 10 heteroatoms. The number of alkyl halides is 3. The predicted octanol–water partition coefficient (Wildman–Crippen LogP) is 4.64. The minimum atomic E-state index is -4.72. The highest BCUT2D eigenvalue weighted by molar-refractivity contribution is 5.52. The van der Waals surface area contributed by atoms with Gasteiger partial charge >= 0.3 is 12.1 Å². The molecule has 1 saturated carbocycles. The van der Waals surface area contributed by atoms with E-state index in [4.69, 9.17) is 0 Å². The molecule has 0 amide bonds. The number of nitrogens with one attached hydrogen (secondary N) is 1. The zero-order chi connectivity index (χ0) is 19.7. The van der Waals surface area contributed by atoms with Gasteiger partial charge in [-0.3, -0.25) is 0 Å². The van der Waals surface area contributed by atoms with Crippen molar-refractivity contribution in [3.8, 4) is 11.4 Å². The van der Waals surface area contributed by atoms with Gasteiger partial charge in [0.05, 0.1) is 11.6 Å². The second-order valence-corrected chi connectivity index (χ2v) is 6.61. The molecule has 0 bridgehead atoms. The molecule has 2 heterocycles. The third kappa shape index (κ3) is 4.10. The Morgan fingerprint density at radius 1 is 1.14 bits per heavy atom. The molecule has 1 fully saturated rings. The molecular formula is C18H15F4N5O. The third-order valence-corrected chi connectivity index (χ3v) is 4.43. The number of hydrogen-bond acceptors (Lipinski definition) is 6. The predicted molar refractivity (Wildman–Crippen MR) is 90.4 cm³/mol. The van der Waals surface area contributed by atoms with Crippen molar-refractivity contribution >= 4 is 5.95 Å². The lowest BCUT2D eigenvalue weighted by Crippen LogP contribution is -2.15. The Hall–Kier alpha value is -3.04. The van der Waals surface area contributed by atoms with E-state index in [1.807, 2.05) is 0 Å². The van der Waals surface area contributed by atoms with Gasteiger partial charge < -0.3 is 9.84 Å². The van der Waals surface area contributed by atoms with Crippen LogP contribution < -0.4 is 5.32 Å². The van der Waals surface area contributed by atoms with Gasteiger partial charge in [0.15, 0.2) is 0 Å². The lowest BCUT2D eigenvalue weighted by molar-refractivity contribution is -0.159. The van der Waals surface area contributed by atoms with Gasteiger partial charge in [0.25, 0.3) is 0 Å². The van der Waals surface area contributed by atoms with Crippen molar-refractivity contribution in [1.29, 1.82) is 0 Å². The monoisotopic (exact) mass is 393 g/mol. The topological polar surface area (TPSA) is 76.7 Å². The summed E-state index contributed by atoms with van der Waals surface area (Å²) in [7, 11) is 0. The first-order valence-corrected chi connectivity index (χ1v) is 8.64. The minimum Gasteiger partial charge on any atom is -0.347 e. The van der Waals surface area contributed by atoms with E-state index in [1.54, 1.807) is 18.2 Å². The minimum absolute atomic E-state index is 0.175. The van der Waals surface area contributed by atoms with Crippen molar-refractivity contribution in [1.82, 2.24) is 20.1 Å². The molecule has 1 aliphatic rings. The van der Waals surface area contributed by atoms with E-state index >= 15 is 0 Å². The average molecular weight is 393 g/mol. The number of rotatable bonds is 6. The molecule has 0 aliphatic heterocycles. The lowest BCUT2D eigenvalue weighted by Gasteiger charge is -2.19. The van der Waals surface area contributed by atoms with E-state index < -0.39 is 12.1 Å². The van der Waals surface area contributed by atoms with E-state index in [9.17, 15) is 17.6 Å². The summed E-state index contributed by atoms with van der Waals surface area (Å²) in [5.74, 6) is -1.26. The molecule has 1 N–H and O–H groups in total. The molecule has 1 unspecified atom stereocenters. The second kappa shape index (κ2) is 7.17. The Morgan fingerprint density at radius 3 is 2.46 bits per heavy atom. The van der Waals surface area contributed by atoms with Gasteiger partial charge in [-0.2, -0.15) is 18.2 Å². The fourth-order valence-electron chi connectivity index (χ4n) is 2.84.